The number of carboxylic acid groups (broad SMARTS) is 1. The van der Waals surface area contributed by atoms with Crippen molar-refractivity contribution in [3.63, 3.8) is 0 Å². The summed E-state index contributed by atoms with van der Waals surface area (Å²) in [5, 5.41) is 9.23. The number of esters is 1. The summed E-state index contributed by atoms with van der Waals surface area (Å²) in [6.45, 7) is 0.343. The first-order chi connectivity index (χ1) is 9.68. The van der Waals surface area contributed by atoms with Crippen LogP contribution < -0.4 is 0 Å². The normalized spacial score (nSPS) is 17.4. The van der Waals surface area contributed by atoms with Crippen molar-refractivity contribution in [2.24, 2.45) is 5.92 Å². The molecule has 1 aliphatic rings. The monoisotopic (exact) mass is 276 g/mol. The van der Waals surface area contributed by atoms with Gasteiger partial charge in [0.05, 0.1) is 6.61 Å². The summed E-state index contributed by atoms with van der Waals surface area (Å²) in [7, 11) is 0. The van der Waals surface area contributed by atoms with Crippen LogP contribution in [0, 0.1) is 5.92 Å². The van der Waals surface area contributed by atoms with Crippen LogP contribution in [0.1, 0.15) is 43.6 Å². The van der Waals surface area contributed by atoms with Crippen molar-refractivity contribution in [1.29, 1.82) is 0 Å². The Labute approximate surface area is 118 Å². The van der Waals surface area contributed by atoms with Crippen LogP contribution in [0.4, 0.5) is 0 Å². The Kier molecular flexibility index (Phi) is 5.16. The topological polar surface area (TPSA) is 63.6 Å². The molecule has 0 heterocycles. The van der Waals surface area contributed by atoms with Crippen LogP contribution in [-0.4, -0.2) is 23.7 Å². The van der Waals surface area contributed by atoms with Crippen molar-refractivity contribution in [2.45, 2.75) is 38.0 Å². The zero-order chi connectivity index (χ0) is 14.4. The first-order valence-electron chi connectivity index (χ1n) is 7.13. The Morgan fingerprint density at radius 1 is 1.15 bits per heavy atom. The van der Waals surface area contributed by atoms with Crippen LogP contribution in [0.2, 0.25) is 0 Å². The van der Waals surface area contributed by atoms with Crippen molar-refractivity contribution in [1.82, 2.24) is 0 Å². The number of carboxylic acids is 1. The third-order valence-electron chi connectivity index (χ3n) is 3.80. The molecule has 4 nitrogen and oxygen atoms in total. The van der Waals surface area contributed by atoms with E-state index in [0.717, 1.165) is 12.8 Å². The fourth-order valence-electron chi connectivity index (χ4n) is 2.66. The van der Waals surface area contributed by atoms with Gasteiger partial charge in [0.25, 0.3) is 0 Å². The van der Waals surface area contributed by atoms with Crippen LogP contribution in [0.15, 0.2) is 30.3 Å². The van der Waals surface area contributed by atoms with E-state index in [1.807, 2.05) is 0 Å². The smallest absolute Gasteiger partial charge is 0.324 e. The molecule has 1 unspecified atom stereocenters. The minimum Gasteiger partial charge on any atom is -0.480 e. The van der Waals surface area contributed by atoms with E-state index in [1.54, 1.807) is 30.3 Å². The van der Waals surface area contributed by atoms with E-state index in [1.165, 1.54) is 19.3 Å². The van der Waals surface area contributed by atoms with Gasteiger partial charge in [0, 0.05) is 0 Å². The molecule has 0 aromatic heterocycles. The molecule has 0 spiro atoms. The van der Waals surface area contributed by atoms with Gasteiger partial charge in [-0.3, -0.25) is 9.59 Å². The number of benzene rings is 1. The lowest BCUT2D eigenvalue weighted by Gasteiger charge is -2.22. The molecule has 1 aromatic rings. The van der Waals surface area contributed by atoms with Crippen LogP contribution in [0.25, 0.3) is 0 Å². The molecule has 1 aliphatic carbocycles. The average Bonchev–Trinajstić information content (AvgIpc) is 2.47. The molecule has 1 aromatic carbocycles. The van der Waals surface area contributed by atoms with Gasteiger partial charge in [0.15, 0.2) is 5.92 Å². The van der Waals surface area contributed by atoms with E-state index in [4.69, 9.17) is 4.74 Å². The van der Waals surface area contributed by atoms with E-state index in [9.17, 15) is 14.7 Å². The van der Waals surface area contributed by atoms with Gasteiger partial charge < -0.3 is 9.84 Å². The van der Waals surface area contributed by atoms with Crippen molar-refractivity contribution in [3.05, 3.63) is 35.9 Å². The van der Waals surface area contributed by atoms with E-state index in [0.29, 0.717) is 18.1 Å². The third kappa shape index (κ3) is 3.83. The third-order valence-corrected chi connectivity index (χ3v) is 3.80. The maximum atomic E-state index is 12.0. The molecule has 2 rings (SSSR count). The summed E-state index contributed by atoms with van der Waals surface area (Å²) < 4.78 is 5.24. The zero-order valence-corrected chi connectivity index (χ0v) is 11.5. The van der Waals surface area contributed by atoms with Crippen molar-refractivity contribution in [2.75, 3.05) is 6.61 Å². The summed E-state index contributed by atoms with van der Waals surface area (Å²) in [5.41, 5.74) is 0.466. The lowest BCUT2D eigenvalue weighted by Crippen LogP contribution is -2.26. The van der Waals surface area contributed by atoms with Crippen molar-refractivity contribution >= 4 is 11.9 Å². The molecular formula is C16H20O4. The maximum absolute atomic E-state index is 12.0. The molecule has 108 valence electrons. The van der Waals surface area contributed by atoms with Crippen molar-refractivity contribution < 1.29 is 19.4 Å². The quantitative estimate of drug-likeness (QED) is 0.663. The number of rotatable bonds is 5. The highest BCUT2D eigenvalue weighted by atomic mass is 16.5. The second kappa shape index (κ2) is 7.08. The molecule has 20 heavy (non-hydrogen) atoms. The maximum Gasteiger partial charge on any atom is 0.324 e. The van der Waals surface area contributed by atoms with Crippen LogP contribution in [-0.2, 0) is 14.3 Å². The molecule has 1 atom stereocenters. The molecule has 0 radical (unpaired) electrons. The highest BCUT2D eigenvalue weighted by molar-refractivity contribution is 5.99. The highest BCUT2D eigenvalue weighted by Gasteiger charge is 2.30. The largest absolute Gasteiger partial charge is 0.480 e. The van der Waals surface area contributed by atoms with Gasteiger partial charge in [-0.2, -0.15) is 0 Å². The van der Waals surface area contributed by atoms with Crippen molar-refractivity contribution in [3.8, 4) is 0 Å². The second-order valence-corrected chi connectivity index (χ2v) is 5.32. The Hall–Kier alpha value is -1.84. The van der Waals surface area contributed by atoms with E-state index < -0.39 is 17.9 Å². The summed E-state index contributed by atoms with van der Waals surface area (Å²) in [6, 6.07) is 8.51. The van der Waals surface area contributed by atoms with Gasteiger partial charge in [0.2, 0.25) is 0 Å². The second-order valence-electron chi connectivity index (χ2n) is 5.32. The molecular weight excluding hydrogens is 256 g/mol. The number of hydrogen-bond donors (Lipinski definition) is 1. The number of aliphatic carboxylic acids is 1. The van der Waals surface area contributed by atoms with Crippen LogP contribution in [0.3, 0.4) is 0 Å². The number of carbonyl (C=O) groups is 2. The lowest BCUT2D eigenvalue weighted by atomic mass is 9.90. The zero-order valence-electron chi connectivity index (χ0n) is 11.5. The molecule has 1 saturated carbocycles. The Balaban J connectivity index is 1.95. The Morgan fingerprint density at radius 3 is 2.40 bits per heavy atom. The average molecular weight is 276 g/mol. The predicted octanol–water partition coefficient (Wildman–Crippen LogP) is 2.98. The van der Waals surface area contributed by atoms with Gasteiger partial charge >= 0.3 is 11.9 Å². The summed E-state index contributed by atoms with van der Waals surface area (Å²) in [4.78, 5) is 23.3. The first kappa shape index (κ1) is 14.6. The molecule has 1 fully saturated rings. The Bertz CT molecular complexity index is 449. The first-order valence-corrected chi connectivity index (χ1v) is 7.13. The fourth-order valence-corrected chi connectivity index (χ4v) is 2.66. The molecule has 0 saturated heterocycles. The SMILES string of the molecule is O=C(O)C(C(=O)OCC1CCCCC1)c1ccccc1. The number of hydrogen-bond acceptors (Lipinski definition) is 3. The predicted molar refractivity (Wildman–Crippen MR) is 74.4 cm³/mol. The molecule has 0 bridgehead atoms. The minimum absolute atomic E-state index is 0.343. The highest BCUT2D eigenvalue weighted by Crippen LogP contribution is 2.25. The molecule has 0 aliphatic heterocycles. The molecule has 4 heteroatoms. The molecule has 1 N–H and O–H groups in total. The fraction of sp³-hybridized carbons (Fsp3) is 0.500. The van der Waals surface area contributed by atoms with E-state index in [-0.39, 0.29) is 0 Å². The molecule has 0 amide bonds. The minimum atomic E-state index is -1.22. The van der Waals surface area contributed by atoms with Gasteiger partial charge in [-0.15, -0.1) is 0 Å². The van der Waals surface area contributed by atoms with Gasteiger partial charge in [-0.1, -0.05) is 49.6 Å². The van der Waals surface area contributed by atoms with Crippen LogP contribution in [0.5, 0.6) is 0 Å². The Morgan fingerprint density at radius 2 is 1.80 bits per heavy atom. The van der Waals surface area contributed by atoms with E-state index in [2.05, 4.69) is 0 Å². The summed E-state index contributed by atoms with van der Waals surface area (Å²) in [6.07, 6.45) is 5.71. The summed E-state index contributed by atoms with van der Waals surface area (Å²) in [5.74, 6) is -2.66. The summed E-state index contributed by atoms with van der Waals surface area (Å²) >= 11 is 0. The van der Waals surface area contributed by atoms with Gasteiger partial charge in [-0.05, 0) is 24.3 Å². The standard InChI is InChI=1S/C16H20O4/c17-15(18)14(13-9-5-2-6-10-13)16(19)20-11-12-7-3-1-4-8-12/h2,5-6,9-10,12,14H,1,3-4,7-8,11H2,(H,17,18). The van der Waals surface area contributed by atoms with E-state index >= 15 is 0 Å². The lowest BCUT2D eigenvalue weighted by molar-refractivity contribution is -0.155. The van der Waals surface area contributed by atoms with Crippen LogP contribution >= 0.6 is 0 Å². The van der Waals surface area contributed by atoms with Gasteiger partial charge in [0.1, 0.15) is 0 Å². The number of carbonyl (C=O) groups excluding carboxylic acids is 1. The number of ether oxygens (including phenoxy) is 1. The van der Waals surface area contributed by atoms with Gasteiger partial charge in [-0.25, -0.2) is 0 Å².